The number of rotatable bonds is 3. The van der Waals surface area contributed by atoms with Crippen molar-refractivity contribution in [3.63, 3.8) is 0 Å². The van der Waals surface area contributed by atoms with Gasteiger partial charge in [-0.05, 0) is 12.1 Å². The van der Waals surface area contributed by atoms with Crippen LogP contribution < -0.4 is 10.5 Å². The van der Waals surface area contributed by atoms with E-state index in [1.807, 2.05) is 18.2 Å². The van der Waals surface area contributed by atoms with Crippen LogP contribution >= 0.6 is 27.5 Å². The molecule has 0 amide bonds. The maximum Gasteiger partial charge on any atom is 0.147 e. The lowest BCUT2D eigenvalue weighted by molar-refractivity contribution is 0.474. The van der Waals surface area contributed by atoms with E-state index in [2.05, 4.69) is 20.9 Å². The summed E-state index contributed by atoms with van der Waals surface area (Å²) < 4.78 is 6.64. The highest BCUT2D eigenvalue weighted by atomic mass is 79.9. The second-order valence-corrected chi connectivity index (χ2v) is 4.75. The molecule has 0 saturated heterocycles. The van der Waals surface area contributed by atoms with Gasteiger partial charge in [0.2, 0.25) is 0 Å². The number of hydrogen-bond acceptors (Lipinski definition) is 3. The van der Waals surface area contributed by atoms with Crippen LogP contribution in [-0.4, -0.2) is 4.98 Å². The van der Waals surface area contributed by atoms with Crippen molar-refractivity contribution in [2.45, 2.75) is 6.54 Å². The summed E-state index contributed by atoms with van der Waals surface area (Å²) in [7, 11) is 0. The van der Waals surface area contributed by atoms with Gasteiger partial charge in [0, 0.05) is 28.8 Å². The van der Waals surface area contributed by atoms with Gasteiger partial charge >= 0.3 is 0 Å². The number of hydrogen-bond donors (Lipinski definition) is 1. The van der Waals surface area contributed by atoms with Crippen LogP contribution in [0.1, 0.15) is 5.56 Å². The third kappa shape index (κ3) is 3.19. The highest BCUT2D eigenvalue weighted by Gasteiger charge is 2.05. The highest BCUT2D eigenvalue weighted by Crippen LogP contribution is 2.29. The number of ether oxygens (including phenoxy) is 1. The Morgan fingerprint density at radius 2 is 2.12 bits per heavy atom. The lowest BCUT2D eigenvalue weighted by atomic mass is 10.2. The maximum atomic E-state index is 5.84. The molecule has 0 spiro atoms. The van der Waals surface area contributed by atoms with Crippen LogP contribution in [0.2, 0.25) is 5.02 Å². The van der Waals surface area contributed by atoms with E-state index in [-0.39, 0.29) is 0 Å². The van der Waals surface area contributed by atoms with Gasteiger partial charge in [-0.2, -0.15) is 0 Å². The molecule has 88 valence electrons. The van der Waals surface area contributed by atoms with Crippen LogP contribution in [0.3, 0.4) is 0 Å². The molecule has 0 atom stereocenters. The van der Waals surface area contributed by atoms with Gasteiger partial charge in [-0.1, -0.05) is 33.6 Å². The average molecular weight is 314 g/mol. The molecule has 0 aliphatic carbocycles. The molecule has 2 rings (SSSR count). The second kappa shape index (κ2) is 5.49. The monoisotopic (exact) mass is 312 g/mol. The Balaban J connectivity index is 2.32. The third-order valence-corrected chi connectivity index (χ3v) is 2.86. The Morgan fingerprint density at radius 1 is 1.29 bits per heavy atom. The molecule has 2 N–H and O–H groups in total. The summed E-state index contributed by atoms with van der Waals surface area (Å²) in [6, 6.07) is 7.40. The predicted molar refractivity (Wildman–Crippen MR) is 71.4 cm³/mol. The zero-order chi connectivity index (χ0) is 12.3. The lowest BCUT2D eigenvalue weighted by Crippen LogP contribution is -1.99. The largest absolute Gasteiger partial charge is 0.455 e. The van der Waals surface area contributed by atoms with E-state index in [0.29, 0.717) is 23.1 Å². The van der Waals surface area contributed by atoms with Crippen LogP contribution in [0, 0.1) is 0 Å². The minimum Gasteiger partial charge on any atom is -0.455 e. The van der Waals surface area contributed by atoms with E-state index in [1.54, 1.807) is 18.5 Å². The molecule has 17 heavy (non-hydrogen) atoms. The lowest BCUT2D eigenvalue weighted by Gasteiger charge is -2.10. The molecule has 0 fully saturated rings. The molecule has 2 aromatic rings. The zero-order valence-corrected chi connectivity index (χ0v) is 11.2. The Labute approximate surface area is 113 Å². The molecule has 1 heterocycles. The van der Waals surface area contributed by atoms with Crippen molar-refractivity contribution in [3.8, 4) is 11.5 Å². The molecular formula is C12H10BrClN2O. The van der Waals surface area contributed by atoms with E-state index in [4.69, 9.17) is 22.1 Å². The molecule has 0 unspecified atom stereocenters. The first-order chi connectivity index (χ1) is 8.19. The zero-order valence-electron chi connectivity index (χ0n) is 8.86. The molecule has 0 radical (unpaired) electrons. The van der Waals surface area contributed by atoms with Crippen LogP contribution in [0.15, 0.2) is 41.1 Å². The number of nitrogens with two attached hydrogens (primary N) is 1. The first kappa shape index (κ1) is 12.4. The normalized spacial score (nSPS) is 10.3. The van der Waals surface area contributed by atoms with Crippen LogP contribution in [0.5, 0.6) is 11.5 Å². The predicted octanol–water partition coefficient (Wildman–Crippen LogP) is 3.75. The number of pyridine rings is 1. The molecule has 1 aromatic carbocycles. The van der Waals surface area contributed by atoms with Crippen LogP contribution in [0.4, 0.5) is 0 Å². The van der Waals surface area contributed by atoms with E-state index in [1.165, 1.54) is 0 Å². The van der Waals surface area contributed by atoms with E-state index >= 15 is 0 Å². The van der Waals surface area contributed by atoms with Gasteiger partial charge in [-0.3, -0.25) is 4.98 Å². The van der Waals surface area contributed by atoms with Crippen molar-refractivity contribution >= 4 is 27.5 Å². The van der Waals surface area contributed by atoms with E-state index in [9.17, 15) is 0 Å². The van der Waals surface area contributed by atoms with E-state index in [0.717, 1.165) is 10.0 Å². The van der Waals surface area contributed by atoms with Crippen molar-refractivity contribution in [1.29, 1.82) is 0 Å². The third-order valence-electron chi connectivity index (χ3n) is 2.16. The van der Waals surface area contributed by atoms with Gasteiger partial charge in [0.1, 0.15) is 11.5 Å². The quantitative estimate of drug-likeness (QED) is 0.939. The van der Waals surface area contributed by atoms with Crippen molar-refractivity contribution in [2.24, 2.45) is 5.73 Å². The second-order valence-electron chi connectivity index (χ2n) is 3.40. The minimum absolute atomic E-state index is 0.413. The number of benzene rings is 1. The standard InChI is InChI=1S/C12H10BrClN2O/c13-9-2-1-8(5-15)12(3-9)17-11-4-10(14)6-16-7-11/h1-4,6-7H,5,15H2. The number of halogens is 2. The van der Waals surface area contributed by atoms with Gasteiger partial charge in [0.15, 0.2) is 0 Å². The molecule has 0 bridgehead atoms. The fraction of sp³-hybridized carbons (Fsp3) is 0.0833. The Hall–Kier alpha value is -1.10. The fourth-order valence-corrected chi connectivity index (χ4v) is 1.87. The molecular weight excluding hydrogens is 304 g/mol. The summed E-state index contributed by atoms with van der Waals surface area (Å²) in [5, 5.41) is 0.534. The van der Waals surface area contributed by atoms with Crippen molar-refractivity contribution in [1.82, 2.24) is 4.98 Å². The smallest absolute Gasteiger partial charge is 0.147 e. The summed E-state index contributed by atoms with van der Waals surface area (Å²) in [5.74, 6) is 1.29. The van der Waals surface area contributed by atoms with Gasteiger partial charge in [-0.15, -0.1) is 0 Å². The molecule has 3 nitrogen and oxygen atoms in total. The van der Waals surface area contributed by atoms with Crippen LogP contribution in [0.25, 0.3) is 0 Å². The Kier molecular flexibility index (Phi) is 3.99. The summed E-state index contributed by atoms with van der Waals surface area (Å²) in [6.07, 6.45) is 3.16. The first-order valence-electron chi connectivity index (χ1n) is 4.96. The van der Waals surface area contributed by atoms with Crippen LogP contribution in [-0.2, 0) is 6.54 Å². The first-order valence-corrected chi connectivity index (χ1v) is 6.13. The summed E-state index contributed by atoms with van der Waals surface area (Å²) in [4.78, 5) is 3.96. The molecule has 5 heteroatoms. The number of aromatic nitrogens is 1. The average Bonchev–Trinajstić information content (AvgIpc) is 2.29. The molecule has 1 aromatic heterocycles. The summed E-state index contributed by atoms with van der Waals surface area (Å²) in [5.41, 5.74) is 6.57. The van der Waals surface area contributed by atoms with Gasteiger partial charge in [0.25, 0.3) is 0 Å². The topological polar surface area (TPSA) is 48.1 Å². The van der Waals surface area contributed by atoms with Gasteiger partial charge < -0.3 is 10.5 Å². The SMILES string of the molecule is NCc1ccc(Br)cc1Oc1cncc(Cl)c1. The molecule has 0 saturated carbocycles. The Morgan fingerprint density at radius 3 is 2.82 bits per heavy atom. The number of nitrogens with zero attached hydrogens (tertiary/aromatic N) is 1. The Bertz CT molecular complexity index is 534. The molecule has 0 aliphatic heterocycles. The van der Waals surface area contributed by atoms with Crippen molar-refractivity contribution < 1.29 is 4.74 Å². The minimum atomic E-state index is 0.413. The highest BCUT2D eigenvalue weighted by molar-refractivity contribution is 9.10. The summed E-state index contributed by atoms with van der Waals surface area (Å²) in [6.45, 7) is 0.413. The van der Waals surface area contributed by atoms with Crippen molar-refractivity contribution in [2.75, 3.05) is 0 Å². The van der Waals surface area contributed by atoms with Crippen molar-refractivity contribution in [3.05, 3.63) is 51.7 Å². The van der Waals surface area contributed by atoms with Gasteiger partial charge in [0.05, 0.1) is 11.2 Å². The molecule has 0 aliphatic rings. The maximum absolute atomic E-state index is 5.84. The van der Waals surface area contributed by atoms with E-state index < -0.39 is 0 Å². The fourth-order valence-electron chi connectivity index (χ4n) is 1.37. The van der Waals surface area contributed by atoms with Gasteiger partial charge in [-0.25, -0.2) is 0 Å². The summed E-state index contributed by atoms with van der Waals surface area (Å²) >= 11 is 9.23.